The minimum atomic E-state index is -1.20. The molecule has 2 atom stereocenters. The largest absolute Gasteiger partial charge is 0.496 e. The lowest BCUT2D eigenvalue weighted by molar-refractivity contribution is -0.156. The number of nitrogens with one attached hydrogen (secondary N) is 3. The van der Waals surface area contributed by atoms with E-state index in [1.165, 1.54) is 32.8 Å². The van der Waals surface area contributed by atoms with E-state index in [1.54, 1.807) is 24.3 Å². The number of esters is 1. The maximum absolute atomic E-state index is 12.6. The third kappa shape index (κ3) is 7.10. The first-order valence-electron chi connectivity index (χ1n) is 8.49. The fourth-order valence-electron chi connectivity index (χ4n) is 2.14. The summed E-state index contributed by atoms with van der Waals surface area (Å²) in [6.45, 7) is 1.34. The van der Waals surface area contributed by atoms with Crippen LogP contribution < -0.4 is 20.7 Å². The first kappa shape index (κ1) is 23.3. The molecular weight excluding hydrogens is 386 g/mol. The van der Waals surface area contributed by atoms with Gasteiger partial charge in [-0.25, -0.2) is 9.59 Å². The molecule has 0 fully saturated rings. The fraction of sp³-hybridized carbons (Fsp3) is 0.444. The van der Waals surface area contributed by atoms with Crippen molar-refractivity contribution in [1.29, 1.82) is 0 Å². The molecular formula is C18H25N3O6S. The molecule has 154 valence electrons. The van der Waals surface area contributed by atoms with Crippen LogP contribution in [-0.2, 0) is 14.3 Å². The van der Waals surface area contributed by atoms with E-state index in [4.69, 9.17) is 9.47 Å². The van der Waals surface area contributed by atoms with Crippen LogP contribution in [0.5, 0.6) is 5.75 Å². The second-order valence-corrected chi connectivity index (χ2v) is 6.64. The SMILES string of the molecule is CNC(=O)NC(=O)[C@@H](C)OC(=O)[C@@H](CCSC)NC(=O)c1ccccc1OC. The van der Waals surface area contributed by atoms with Gasteiger partial charge in [0.25, 0.3) is 11.8 Å². The minimum Gasteiger partial charge on any atom is -0.496 e. The number of benzene rings is 1. The number of hydrogen-bond donors (Lipinski definition) is 3. The van der Waals surface area contributed by atoms with Gasteiger partial charge in [-0.15, -0.1) is 0 Å². The number of thioether (sulfide) groups is 1. The Hall–Kier alpha value is -2.75. The third-order valence-corrected chi connectivity index (χ3v) is 4.32. The van der Waals surface area contributed by atoms with Crippen molar-refractivity contribution in [3.63, 3.8) is 0 Å². The summed E-state index contributed by atoms with van der Waals surface area (Å²) in [6.07, 6.45) is 0.971. The van der Waals surface area contributed by atoms with E-state index in [0.717, 1.165) is 0 Å². The molecule has 0 saturated carbocycles. The zero-order valence-corrected chi connectivity index (χ0v) is 17.1. The molecule has 1 aromatic carbocycles. The summed E-state index contributed by atoms with van der Waals surface area (Å²) in [7, 11) is 2.80. The zero-order chi connectivity index (χ0) is 21.1. The first-order valence-corrected chi connectivity index (χ1v) is 9.89. The molecule has 1 rings (SSSR count). The van der Waals surface area contributed by atoms with E-state index in [-0.39, 0.29) is 5.56 Å². The van der Waals surface area contributed by atoms with Gasteiger partial charge < -0.3 is 20.1 Å². The molecule has 0 spiro atoms. The summed E-state index contributed by atoms with van der Waals surface area (Å²) in [5.74, 6) is -1.08. The second-order valence-electron chi connectivity index (χ2n) is 5.66. The highest BCUT2D eigenvalue weighted by Crippen LogP contribution is 2.17. The van der Waals surface area contributed by atoms with Crippen LogP contribution in [0.25, 0.3) is 0 Å². The number of para-hydroxylation sites is 1. The number of imide groups is 1. The molecule has 10 heteroatoms. The molecule has 0 bridgehead atoms. The van der Waals surface area contributed by atoms with Crippen molar-refractivity contribution in [2.45, 2.75) is 25.5 Å². The lowest BCUT2D eigenvalue weighted by atomic mass is 10.1. The van der Waals surface area contributed by atoms with Crippen molar-refractivity contribution < 1.29 is 28.7 Å². The monoisotopic (exact) mass is 411 g/mol. The fourth-order valence-corrected chi connectivity index (χ4v) is 2.61. The number of carbonyl (C=O) groups is 4. The van der Waals surface area contributed by atoms with Gasteiger partial charge in [0, 0.05) is 7.05 Å². The third-order valence-electron chi connectivity index (χ3n) is 3.68. The van der Waals surface area contributed by atoms with Gasteiger partial charge in [-0.3, -0.25) is 14.9 Å². The number of ether oxygens (including phenoxy) is 2. The summed E-state index contributed by atoms with van der Waals surface area (Å²) in [5.41, 5.74) is 0.275. The van der Waals surface area contributed by atoms with Crippen LogP contribution in [0.4, 0.5) is 4.79 Å². The first-order chi connectivity index (χ1) is 13.3. The maximum atomic E-state index is 12.6. The molecule has 0 heterocycles. The van der Waals surface area contributed by atoms with Crippen LogP contribution in [0.3, 0.4) is 0 Å². The summed E-state index contributed by atoms with van der Waals surface area (Å²) in [6, 6.07) is 4.94. The molecule has 4 amide bonds. The van der Waals surface area contributed by atoms with Gasteiger partial charge in [0.05, 0.1) is 12.7 Å². The van der Waals surface area contributed by atoms with E-state index in [1.807, 2.05) is 11.6 Å². The van der Waals surface area contributed by atoms with Gasteiger partial charge in [0.1, 0.15) is 11.8 Å². The molecule has 0 aliphatic heterocycles. The van der Waals surface area contributed by atoms with Crippen LogP contribution in [0.15, 0.2) is 24.3 Å². The Labute approximate surface area is 167 Å². The lowest BCUT2D eigenvalue weighted by Crippen LogP contribution is -2.47. The normalized spacial score (nSPS) is 12.3. The van der Waals surface area contributed by atoms with Crippen molar-refractivity contribution >= 4 is 35.6 Å². The Bertz CT molecular complexity index is 712. The molecule has 28 heavy (non-hydrogen) atoms. The van der Waals surface area contributed by atoms with Gasteiger partial charge in [0.2, 0.25) is 0 Å². The topological polar surface area (TPSA) is 123 Å². The predicted molar refractivity (Wildman–Crippen MR) is 105 cm³/mol. The molecule has 0 saturated heterocycles. The molecule has 1 aromatic rings. The van der Waals surface area contributed by atoms with E-state index in [0.29, 0.717) is 17.9 Å². The Kier molecular flexibility index (Phi) is 9.86. The van der Waals surface area contributed by atoms with E-state index in [2.05, 4.69) is 10.6 Å². The maximum Gasteiger partial charge on any atom is 0.329 e. The summed E-state index contributed by atoms with van der Waals surface area (Å²) in [5, 5.41) is 6.87. The summed E-state index contributed by atoms with van der Waals surface area (Å²) >= 11 is 1.50. The number of carbonyl (C=O) groups excluding carboxylic acids is 4. The van der Waals surface area contributed by atoms with Gasteiger partial charge in [-0.2, -0.15) is 11.8 Å². The highest BCUT2D eigenvalue weighted by Gasteiger charge is 2.27. The summed E-state index contributed by atoms with van der Waals surface area (Å²) < 4.78 is 10.3. The van der Waals surface area contributed by atoms with Crippen molar-refractivity contribution in [1.82, 2.24) is 16.0 Å². The smallest absolute Gasteiger partial charge is 0.329 e. The lowest BCUT2D eigenvalue weighted by Gasteiger charge is -2.20. The van der Waals surface area contributed by atoms with Crippen LogP contribution in [0.2, 0.25) is 0 Å². The van der Waals surface area contributed by atoms with Crippen LogP contribution in [0.1, 0.15) is 23.7 Å². The van der Waals surface area contributed by atoms with Crippen molar-refractivity contribution in [2.24, 2.45) is 0 Å². The summed E-state index contributed by atoms with van der Waals surface area (Å²) in [4.78, 5) is 48.1. The Balaban J connectivity index is 2.83. The molecule has 0 unspecified atom stereocenters. The highest BCUT2D eigenvalue weighted by molar-refractivity contribution is 7.98. The zero-order valence-electron chi connectivity index (χ0n) is 16.2. The standard InChI is InChI=1S/C18H25N3O6S/c1-11(15(22)21-18(25)19-2)27-17(24)13(9-10-28-4)20-16(23)12-7-5-6-8-14(12)26-3/h5-8,11,13H,9-10H2,1-4H3,(H,20,23)(H2,19,21,22,25)/t11-,13-/m1/s1. The van der Waals surface area contributed by atoms with Crippen LogP contribution in [-0.4, -0.2) is 62.1 Å². The number of hydrogen-bond acceptors (Lipinski definition) is 7. The van der Waals surface area contributed by atoms with Gasteiger partial charge in [-0.05, 0) is 37.5 Å². The minimum absolute atomic E-state index is 0.275. The van der Waals surface area contributed by atoms with Crippen LogP contribution in [0, 0.1) is 0 Å². The van der Waals surface area contributed by atoms with Crippen molar-refractivity contribution in [2.75, 3.05) is 26.2 Å². The molecule has 9 nitrogen and oxygen atoms in total. The van der Waals surface area contributed by atoms with E-state index < -0.39 is 36.0 Å². The second kappa shape index (κ2) is 11.9. The highest BCUT2D eigenvalue weighted by atomic mass is 32.2. The van der Waals surface area contributed by atoms with Crippen molar-refractivity contribution in [3.8, 4) is 5.75 Å². The average Bonchev–Trinajstić information content (AvgIpc) is 2.70. The number of methoxy groups -OCH3 is 1. The Morgan fingerprint density at radius 2 is 1.86 bits per heavy atom. The van der Waals surface area contributed by atoms with Gasteiger partial charge >= 0.3 is 12.0 Å². The van der Waals surface area contributed by atoms with E-state index >= 15 is 0 Å². The average molecular weight is 411 g/mol. The van der Waals surface area contributed by atoms with Gasteiger partial charge in [-0.1, -0.05) is 12.1 Å². The molecule has 0 aliphatic rings. The van der Waals surface area contributed by atoms with Gasteiger partial charge in [0.15, 0.2) is 6.10 Å². The number of urea groups is 1. The Morgan fingerprint density at radius 3 is 2.46 bits per heavy atom. The van der Waals surface area contributed by atoms with E-state index in [9.17, 15) is 19.2 Å². The Morgan fingerprint density at radius 1 is 1.18 bits per heavy atom. The predicted octanol–water partition coefficient (Wildman–Crippen LogP) is 0.934. The number of amides is 4. The number of rotatable bonds is 9. The van der Waals surface area contributed by atoms with Crippen LogP contribution >= 0.6 is 11.8 Å². The van der Waals surface area contributed by atoms with Crippen molar-refractivity contribution in [3.05, 3.63) is 29.8 Å². The molecule has 0 aliphatic carbocycles. The molecule has 3 N–H and O–H groups in total. The molecule has 0 aromatic heterocycles. The quantitative estimate of drug-likeness (QED) is 0.517. The molecule has 0 radical (unpaired) electrons.